The van der Waals surface area contributed by atoms with Gasteiger partial charge in [-0.3, -0.25) is 4.79 Å². The largest absolute Gasteiger partial charge is 0.478 e. The number of carboxylic acids is 1. The Morgan fingerprint density at radius 1 is 1.19 bits per heavy atom. The zero-order valence-corrected chi connectivity index (χ0v) is 15.2. The number of H-pyrrole nitrogens is 1. The van der Waals surface area contributed by atoms with Gasteiger partial charge in [-0.25, -0.2) is 4.79 Å². The summed E-state index contributed by atoms with van der Waals surface area (Å²) < 4.78 is 0. The van der Waals surface area contributed by atoms with Crippen molar-refractivity contribution in [1.82, 2.24) is 9.88 Å². The Hall–Kier alpha value is -2.56. The van der Waals surface area contributed by atoms with E-state index >= 15 is 0 Å². The van der Waals surface area contributed by atoms with Gasteiger partial charge in [0.1, 0.15) is 0 Å². The van der Waals surface area contributed by atoms with Crippen molar-refractivity contribution in [1.29, 1.82) is 0 Å². The van der Waals surface area contributed by atoms with E-state index in [0.717, 1.165) is 42.1 Å². The monoisotopic (exact) mass is 352 g/mol. The normalized spacial score (nSPS) is 19.9. The van der Waals surface area contributed by atoms with Gasteiger partial charge in [0.25, 0.3) is 0 Å². The molecule has 1 saturated carbocycles. The van der Waals surface area contributed by atoms with Crippen LogP contribution in [0.1, 0.15) is 50.8 Å². The number of aliphatic carboxylic acids is 1. The lowest BCUT2D eigenvalue weighted by Crippen LogP contribution is -2.39. The number of hydrogen-bond acceptors (Lipinski definition) is 2. The molecular formula is C21H24N2O3. The minimum atomic E-state index is -1.01. The summed E-state index contributed by atoms with van der Waals surface area (Å²) in [5, 5.41) is 10.9. The zero-order chi connectivity index (χ0) is 18.5. The third kappa shape index (κ3) is 2.62. The van der Waals surface area contributed by atoms with E-state index < -0.39 is 5.97 Å². The van der Waals surface area contributed by atoms with Crippen molar-refractivity contribution in [2.75, 3.05) is 6.54 Å². The Morgan fingerprint density at radius 2 is 1.88 bits per heavy atom. The Kier molecular flexibility index (Phi) is 3.90. The molecule has 4 rings (SSSR count). The molecule has 5 heteroatoms. The molecule has 5 nitrogen and oxygen atoms in total. The molecule has 0 atom stereocenters. The first-order valence-electron chi connectivity index (χ1n) is 9.25. The SMILES string of the molecule is CC1(C)CN(C(=O)C2CCCC2)C=C(C(=O)O)c2[nH]c3ccccc3c21. The van der Waals surface area contributed by atoms with Gasteiger partial charge in [-0.2, -0.15) is 0 Å². The molecular weight excluding hydrogens is 328 g/mol. The molecule has 0 spiro atoms. The topological polar surface area (TPSA) is 73.4 Å². The first kappa shape index (κ1) is 16.9. The van der Waals surface area contributed by atoms with Crippen molar-refractivity contribution in [3.8, 4) is 0 Å². The van der Waals surface area contributed by atoms with E-state index in [-0.39, 0.29) is 22.8 Å². The van der Waals surface area contributed by atoms with E-state index in [1.807, 2.05) is 24.3 Å². The van der Waals surface area contributed by atoms with Gasteiger partial charge in [0.2, 0.25) is 5.91 Å². The molecule has 1 aliphatic carbocycles. The van der Waals surface area contributed by atoms with Crippen LogP contribution in [0.3, 0.4) is 0 Å². The maximum atomic E-state index is 13.0. The number of carboxylic acid groups (broad SMARTS) is 1. The molecule has 2 aromatic rings. The fourth-order valence-corrected chi connectivity index (χ4v) is 4.53. The highest BCUT2D eigenvalue weighted by atomic mass is 16.4. The summed E-state index contributed by atoms with van der Waals surface area (Å²) in [5.74, 6) is -0.936. The maximum Gasteiger partial charge on any atom is 0.339 e. The number of nitrogens with one attached hydrogen (secondary N) is 1. The minimum Gasteiger partial charge on any atom is -0.478 e. The summed E-state index contributed by atoms with van der Waals surface area (Å²) in [4.78, 5) is 30.0. The number of hydrogen-bond donors (Lipinski definition) is 2. The molecule has 0 saturated heterocycles. The van der Waals surface area contributed by atoms with Gasteiger partial charge in [-0.1, -0.05) is 44.9 Å². The zero-order valence-electron chi connectivity index (χ0n) is 15.2. The Morgan fingerprint density at radius 3 is 2.58 bits per heavy atom. The van der Waals surface area contributed by atoms with E-state index in [1.54, 1.807) is 11.1 Å². The van der Waals surface area contributed by atoms with Crippen molar-refractivity contribution in [3.05, 3.63) is 41.7 Å². The lowest BCUT2D eigenvalue weighted by molar-refractivity contribution is -0.133. The second-order valence-electron chi connectivity index (χ2n) is 8.10. The van der Waals surface area contributed by atoms with Crippen molar-refractivity contribution in [3.63, 3.8) is 0 Å². The predicted molar refractivity (Wildman–Crippen MR) is 101 cm³/mol. The first-order chi connectivity index (χ1) is 12.4. The molecule has 1 amide bonds. The number of carbonyl (C=O) groups excluding carboxylic acids is 1. The molecule has 136 valence electrons. The van der Waals surface area contributed by atoms with Crippen molar-refractivity contribution in [2.24, 2.45) is 5.92 Å². The smallest absolute Gasteiger partial charge is 0.339 e. The Bertz CT molecular complexity index is 916. The number of benzene rings is 1. The van der Waals surface area contributed by atoms with E-state index in [4.69, 9.17) is 0 Å². The Balaban J connectivity index is 1.87. The minimum absolute atomic E-state index is 0.0188. The highest BCUT2D eigenvalue weighted by Gasteiger charge is 2.38. The van der Waals surface area contributed by atoms with Crippen molar-refractivity contribution < 1.29 is 14.7 Å². The molecule has 2 heterocycles. The number of amides is 1. The molecule has 0 bridgehead atoms. The van der Waals surface area contributed by atoms with E-state index in [1.165, 1.54) is 0 Å². The summed E-state index contributed by atoms with van der Waals surface area (Å²) in [6.07, 6.45) is 5.51. The van der Waals surface area contributed by atoms with E-state index in [2.05, 4.69) is 18.8 Å². The van der Waals surface area contributed by atoms with Crippen molar-refractivity contribution >= 4 is 28.4 Å². The van der Waals surface area contributed by atoms with Gasteiger partial charge < -0.3 is 15.0 Å². The van der Waals surface area contributed by atoms with Gasteiger partial charge >= 0.3 is 5.97 Å². The van der Waals surface area contributed by atoms with Crippen molar-refractivity contribution in [2.45, 2.75) is 44.9 Å². The van der Waals surface area contributed by atoms with Gasteiger partial charge in [-0.05, 0) is 24.5 Å². The first-order valence-corrected chi connectivity index (χ1v) is 9.25. The van der Waals surface area contributed by atoms with Crippen LogP contribution in [0.15, 0.2) is 30.5 Å². The number of carbonyl (C=O) groups is 2. The molecule has 2 N–H and O–H groups in total. The van der Waals surface area contributed by atoms with Crippen LogP contribution in [-0.4, -0.2) is 33.4 Å². The third-order valence-corrected chi connectivity index (χ3v) is 5.72. The number of aromatic nitrogens is 1. The van der Waals surface area contributed by atoms with Crippen LogP contribution in [0.4, 0.5) is 0 Å². The van der Waals surface area contributed by atoms with Gasteiger partial charge in [0.15, 0.2) is 0 Å². The molecule has 2 aliphatic rings. The van der Waals surface area contributed by atoms with Crippen LogP contribution in [0.25, 0.3) is 16.5 Å². The van der Waals surface area contributed by atoms with E-state index in [9.17, 15) is 14.7 Å². The lowest BCUT2D eigenvalue weighted by Gasteiger charge is -2.31. The van der Waals surface area contributed by atoms with Crippen LogP contribution in [0, 0.1) is 5.92 Å². The van der Waals surface area contributed by atoms with Gasteiger partial charge in [0.05, 0.1) is 11.3 Å². The summed E-state index contributed by atoms with van der Waals surface area (Å²) in [6, 6.07) is 7.87. The average molecular weight is 352 g/mol. The molecule has 1 aliphatic heterocycles. The maximum absolute atomic E-state index is 13.0. The molecule has 1 aromatic heterocycles. The number of fused-ring (bicyclic) bond motifs is 3. The van der Waals surface area contributed by atoms with Crippen LogP contribution < -0.4 is 0 Å². The summed E-state index contributed by atoms with van der Waals surface area (Å²) in [5.41, 5.74) is 2.31. The quantitative estimate of drug-likeness (QED) is 0.861. The van der Waals surface area contributed by atoms with Crippen LogP contribution in [0.2, 0.25) is 0 Å². The lowest BCUT2D eigenvalue weighted by atomic mass is 9.81. The predicted octanol–water partition coefficient (Wildman–Crippen LogP) is 3.90. The molecule has 26 heavy (non-hydrogen) atoms. The number of aromatic amines is 1. The molecule has 0 unspecified atom stereocenters. The highest BCUT2D eigenvalue weighted by molar-refractivity contribution is 6.17. The van der Waals surface area contributed by atoms with Gasteiger partial charge in [0, 0.05) is 35.0 Å². The fraction of sp³-hybridized carbons (Fsp3) is 0.429. The second kappa shape index (κ2) is 6.01. The van der Waals surface area contributed by atoms with Crippen LogP contribution in [0.5, 0.6) is 0 Å². The average Bonchev–Trinajstić information content (AvgIpc) is 3.22. The molecule has 1 aromatic carbocycles. The second-order valence-corrected chi connectivity index (χ2v) is 8.10. The van der Waals surface area contributed by atoms with E-state index in [0.29, 0.717) is 12.2 Å². The van der Waals surface area contributed by atoms with Crippen LogP contribution >= 0.6 is 0 Å². The summed E-state index contributed by atoms with van der Waals surface area (Å²) >= 11 is 0. The third-order valence-electron chi connectivity index (χ3n) is 5.72. The number of rotatable bonds is 2. The number of para-hydroxylation sites is 1. The standard InChI is InChI=1S/C21H24N2O3/c1-21(2)12-23(19(24)13-7-3-4-8-13)11-15(20(25)26)18-17(21)14-9-5-6-10-16(14)22-18/h5-6,9-11,13,22H,3-4,7-8,12H2,1-2H3,(H,25,26). The fourth-order valence-electron chi connectivity index (χ4n) is 4.53. The summed E-state index contributed by atoms with van der Waals surface area (Å²) in [6.45, 7) is 4.65. The molecule has 1 fully saturated rings. The van der Waals surface area contributed by atoms with Gasteiger partial charge in [-0.15, -0.1) is 0 Å². The summed E-state index contributed by atoms with van der Waals surface area (Å²) in [7, 11) is 0. The number of nitrogens with zero attached hydrogens (tertiary/aromatic N) is 1. The van der Waals surface area contributed by atoms with Crippen LogP contribution in [-0.2, 0) is 15.0 Å². The molecule has 0 radical (unpaired) electrons. The Labute approximate surface area is 152 Å². The highest BCUT2D eigenvalue weighted by Crippen LogP contribution is 2.40.